The van der Waals surface area contributed by atoms with Gasteiger partial charge in [0.25, 0.3) is 0 Å². The van der Waals surface area contributed by atoms with Gasteiger partial charge in [0.1, 0.15) is 24.8 Å². The second-order valence-electron chi connectivity index (χ2n) is 8.47. The average Bonchev–Trinajstić information content (AvgIpc) is 3.41. The van der Waals surface area contributed by atoms with Crippen molar-refractivity contribution in [3.63, 3.8) is 0 Å². The Labute approximate surface area is 209 Å². The minimum atomic E-state index is -0.271. The van der Waals surface area contributed by atoms with Gasteiger partial charge in [0.15, 0.2) is 0 Å². The van der Waals surface area contributed by atoms with Crippen molar-refractivity contribution in [1.29, 1.82) is 0 Å². The normalized spacial score (nSPS) is 10.8. The Kier molecular flexibility index (Phi) is 7.03. The molecule has 3 aromatic carbocycles. The van der Waals surface area contributed by atoms with Gasteiger partial charge in [0, 0.05) is 41.7 Å². The molecule has 0 saturated heterocycles. The molecule has 36 heavy (non-hydrogen) atoms. The molecule has 0 spiro atoms. The second kappa shape index (κ2) is 10.9. The molecule has 0 aliphatic rings. The van der Waals surface area contributed by atoms with Crippen LogP contribution in [0, 0.1) is 12.7 Å². The summed E-state index contributed by atoms with van der Waals surface area (Å²) in [6.07, 6.45) is 5.50. The third-order valence-electron chi connectivity index (χ3n) is 5.78. The quantitative estimate of drug-likeness (QED) is 0.225. The van der Waals surface area contributed by atoms with Crippen LogP contribution in [0.5, 0.6) is 11.6 Å². The first-order chi connectivity index (χ1) is 17.7. The summed E-state index contributed by atoms with van der Waals surface area (Å²) in [5.41, 5.74) is 4.84. The summed E-state index contributed by atoms with van der Waals surface area (Å²) in [7, 11) is 0. The lowest BCUT2D eigenvalue weighted by Crippen LogP contribution is -2.10. The van der Waals surface area contributed by atoms with Gasteiger partial charge in [-0.25, -0.2) is 14.4 Å². The van der Waals surface area contributed by atoms with Crippen LogP contribution in [0.2, 0.25) is 0 Å². The molecular weight excluding hydrogens is 453 g/mol. The molecule has 0 bridgehead atoms. The van der Waals surface area contributed by atoms with Crippen molar-refractivity contribution in [3.8, 4) is 34.0 Å². The smallest absolute Gasteiger partial charge is 0.213 e. The standard InChI is InChI=1S/C30H26FN3O2/c1-22-7-12-26(28(31)19-22)27-13-14-29(33-30(27)24-5-3-2-4-6-24)36-18-17-35-25-10-8-23(9-11-25)20-34-16-15-32-21-34/h2-16,19,21H,17-18,20H2,1H3. The second-order valence-corrected chi connectivity index (χ2v) is 8.47. The van der Waals surface area contributed by atoms with E-state index in [2.05, 4.69) is 4.98 Å². The highest BCUT2D eigenvalue weighted by Gasteiger charge is 2.14. The van der Waals surface area contributed by atoms with E-state index in [-0.39, 0.29) is 5.82 Å². The SMILES string of the molecule is Cc1ccc(-c2ccc(OCCOc3ccc(Cn4ccnc4)cc3)nc2-c2ccccc2)c(F)c1. The molecule has 0 unspecified atom stereocenters. The Hall–Kier alpha value is -4.45. The van der Waals surface area contributed by atoms with Gasteiger partial charge in [0.2, 0.25) is 5.88 Å². The summed E-state index contributed by atoms with van der Waals surface area (Å²) in [5, 5.41) is 0. The lowest BCUT2D eigenvalue weighted by molar-refractivity contribution is 0.212. The van der Waals surface area contributed by atoms with Crippen LogP contribution in [-0.2, 0) is 6.54 Å². The maximum atomic E-state index is 14.8. The van der Waals surface area contributed by atoms with Gasteiger partial charge in [-0.15, -0.1) is 0 Å². The van der Waals surface area contributed by atoms with Crippen molar-refractivity contribution in [2.45, 2.75) is 13.5 Å². The van der Waals surface area contributed by atoms with Crippen LogP contribution in [0.1, 0.15) is 11.1 Å². The molecule has 0 aliphatic carbocycles. The number of aryl methyl sites for hydroxylation is 1. The molecule has 0 saturated carbocycles. The zero-order valence-electron chi connectivity index (χ0n) is 20.0. The van der Waals surface area contributed by atoms with Gasteiger partial charge < -0.3 is 14.0 Å². The third kappa shape index (κ3) is 5.61. The van der Waals surface area contributed by atoms with Gasteiger partial charge in [-0.2, -0.15) is 0 Å². The highest BCUT2D eigenvalue weighted by molar-refractivity contribution is 5.81. The number of imidazole rings is 1. The minimum Gasteiger partial charge on any atom is -0.490 e. The topological polar surface area (TPSA) is 49.2 Å². The van der Waals surface area contributed by atoms with Crippen molar-refractivity contribution in [1.82, 2.24) is 14.5 Å². The highest BCUT2D eigenvalue weighted by Crippen LogP contribution is 2.34. The van der Waals surface area contributed by atoms with Crippen molar-refractivity contribution >= 4 is 0 Å². The first-order valence-electron chi connectivity index (χ1n) is 11.8. The molecule has 0 aliphatic heterocycles. The molecule has 0 N–H and O–H groups in total. The van der Waals surface area contributed by atoms with E-state index in [0.29, 0.717) is 30.4 Å². The lowest BCUT2D eigenvalue weighted by atomic mass is 9.98. The van der Waals surface area contributed by atoms with Crippen LogP contribution in [0.25, 0.3) is 22.4 Å². The first kappa shape index (κ1) is 23.3. The van der Waals surface area contributed by atoms with Gasteiger partial charge in [-0.05, 0) is 42.3 Å². The van der Waals surface area contributed by atoms with Crippen LogP contribution in [0.4, 0.5) is 4.39 Å². The number of hydrogen-bond donors (Lipinski definition) is 0. The molecule has 0 amide bonds. The Morgan fingerprint density at radius 3 is 2.36 bits per heavy atom. The van der Waals surface area contributed by atoms with E-state index in [4.69, 9.17) is 14.5 Å². The third-order valence-corrected chi connectivity index (χ3v) is 5.78. The number of nitrogens with zero attached hydrogens (tertiary/aromatic N) is 3. The Balaban J connectivity index is 1.25. The maximum Gasteiger partial charge on any atom is 0.213 e. The molecule has 0 atom stereocenters. The summed E-state index contributed by atoms with van der Waals surface area (Å²) in [4.78, 5) is 8.79. The Bertz CT molecular complexity index is 1420. The average molecular weight is 480 g/mol. The van der Waals surface area contributed by atoms with E-state index < -0.39 is 0 Å². The summed E-state index contributed by atoms with van der Waals surface area (Å²) in [5.74, 6) is 0.965. The molecule has 2 aromatic heterocycles. The van der Waals surface area contributed by atoms with Crippen LogP contribution in [0.15, 0.2) is 104 Å². The fourth-order valence-electron chi connectivity index (χ4n) is 3.98. The molecule has 180 valence electrons. The Morgan fingerprint density at radius 2 is 1.61 bits per heavy atom. The molecule has 0 fully saturated rings. The maximum absolute atomic E-state index is 14.8. The minimum absolute atomic E-state index is 0.271. The van der Waals surface area contributed by atoms with Gasteiger partial charge in [0.05, 0.1) is 12.0 Å². The van der Waals surface area contributed by atoms with E-state index in [1.165, 1.54) is 11.6 Å². The molecule has 0 radical (unpaired) electrons. The molecule has 5 rings (SSSR count). The van der Waals surface area contributed by atoms with E-state index in [1.54, 1.807) is 24.7 Å². The monoisotopic (exact) mass is 479 g/mol. The van der Waals surface area contributed by atoms with Gasteiger partial charge in [-0.1, -0.05) is 54.6 Å². The van der Waals surface area contributed by atoms with E-state index >= 15 is 0 Å². The van der Waals surface area contributed by atoms with Crippen molar-refractivity contribution in [3.05, 3.63) is 121 Å². The summed E-state index contributed by atoms with van der Waals surface area (Å²) in [6, 6.07) is 26.6. The molecule has 2 heterocycles. The first-order valence-corrected chi connectivity index (χ1v) is 11.8. The van der Waals surface area contributed by atoms with Crippen molar-refractivity contribution in [2.24, 2.45) is 0 Å². The predicted octanol–water partition coefficient (Wildman–Crippen LogP) is 6.57. The number of hydrogen-bond acceptors (Lipinski definition) is 4. The highest BCUT2D eigenvalue weighted by atomic mass is 19.1. The lowest BCUT2D eigenvalue weighted by Gasteiger charge is -2.14. The van der Waals surface area contributed by atoms with Crippen LogP contribution in [0.3, 0.4) is 0 Å². The fraction of sp³-hybridized carbons (Fsp3) is 0.133. The van der Waals surface area contributed by atoms with Crippen LogP contribution >= 0.6 is 0 Å². The number of rotatable bonds is 9. The van der Waals surface area contributed by atoms with E-state index in [9.17, 15) is 4.39 Å². The number of pyridine rings is 1. The molecule has 5 nitrogen and oxygen atoms in total. The largest absolute Gasteiger partial charge is 0.490 e. The van der Waals surface area contributed by atoms with Crippen LogP contribution < -0.4 is 9.47 Å². The van der Waals surface area contributed by atoms with Crippen LogP contribution in [-0.4, -0.2) is 27.7 Å². The predicted molar refractivity (Wildman–Crippen MR) is 139 cm³/mol. The summed E-state index contributed by atoms with van der Waals surface area (Å²) in [6.45, 7) is 3.34. The zero-order valence-corrected chi connectivity index (χ0v) is 20.0. The summed E-state index contributed by atoms with van der Waals surface area (Å²) < 4.78 is 28.5. The molecular formula is C30H26FN3O2. The number of ether oxygens (including phenoxy) is 2. The number of aromatic nitrogens is 3. The number of halogens is 1. The van der Waals surface area contributed by atoms with Gasteiger partial charge >= 0.3 is 0 Å². The Morgan fingerprint density at radius 1 is 0.833 bits per heavy atom. The summed E-state index contributed by atoms with van der Waals surface area (Å²) >= 11 is 0. The van der Waals surface area contributed by atoms with E-state index in [0.717, 1.165) is 29.0 Å². The number of benzene rings is 3. The van der Waals surface area contributed by atoms with Crippen molar-refractivity contribution < 1.29 is 13.9 Å². The van der Waals surface area contributed by atoms with Gasteiger partial charge in [-0.3, -0.25) is 0 Å². The van der Waals surface area contributed by atoms with E-state index in [1.807, 2.05) is 84.4 Å². The molecule has 5 aromatic rings. The fourth-order valence-corrected chi connectivity index (χ4v) is 3.98. The van der Waals surface area contributed by atoms with Crippen molar-refractivity contribution in [2.75, 3.05) is 13.2 Å². The zero-order chi connectivity index (χ0) is 24.7. The molecule has 6 heteroatoms.